The first kappa shape index (κ1) is 21.4. The van der Waals surface area contributed by atoms with E-state index in [0.29, 0.717) is 33.6 Å². The van der Waals surface area contributed by atoms with Crippen molar-refractivity contribution in [2.45, 2.75) is 18.4 Å². The molecule has 0 radical (unpaired) electrons. The van der Waals surface area contributed by atoms with E-state index in [1.807, 2.05) is 15.7 Å². The summed E-state index contributed by atoms with van der Waals surface area (Å²) in [4.78, 5) is 19.4. The van der Waals surface area contributed by atoms with Crippen LogP contribution in [0.1, 0.15) is 40.3 Å². The van der Waals surface area contributed by atoms with Crippen LogP contribution in [0.4, 0.5) is 10.2 Å². The number of carbonyl (C=O) groups is 1. The van der Waals surface area contributed by atoms with Crippen molar-refractivity contribution in [1.82, 2.24) is 19.7 Å². The summed E-state index contributed by atoms with van der Waals surface area (Å²) in [5, 5.41) is 13.5. The van der Waals surface area contributed by atoms with Gasteiger partial charge in [-0.15, -0.1) is 0 Å². The van der Waals surface area contributed by atoms with Gasteiger partial charge in [0.05, 0.1) is 5.69 Å². The molecule has 0 aliphatic carbocycles. The van der Waals surface area contributed by atoms with Crippen molar-refractivity contribution in [3.63, 3.8) is 0 Å². The highest BCUT2D eigenvalue weighted by Gasteiger charge is 2.38. The third-order valence-electron chi connectivity index (χ3n) is 6.03. The summed E-state index contributed by atoms with van der Waals surface area (Å²) in [5.41, 5.74) is 8.70. The van der Waals surface area contributed by atoms with Gasteiger partial charge < -0.3 is 15.4 Å². The van der Waals surface area contributed by atoms with Crippen molar-refractivity contribution in [1.29, 1.82) is 5.26 Å². The lowest BCUT2D eigenvalue weighted by molar-refractivity contribution is 0.0743. The molecule has 2 N–H and O–H groups in total. The van der Waals surface area contributed by atoms with Gasteiger partial charge in [0.2, 0.25) is 0 Å². The summed E-state index contributed by atoms with van der Waals surface area (Å²) in [6.45, 7) is 1.71. The number of amides is 1. The molecule has 0 spiro atoms. The highest BCUT2D eigenvalue weighted by Crippen LogP contribution is 2.39. The maximum atomic E-state index is 14.1. The van der Waals surface area contributed by atoms with E-state index >= 15 is 0 Å². The van der Waals surface area contributed by atoms with E-state index in [4.69, 9.17) is 10.5 Å². The summed E-state index contributed by atoms with van der Waals surface area (Å²) in [6, 6.07) is 7.86. The molecule has 0 saturated carbocycles. The standard InChI is InChI=1S/C21H21B2FN6O2/c1-10-14-7-12(24)4-5-13(14)20(31)29(2)21(22,23)18-17(15(8-25)30(3)28-18)11-6-16(32-10)19(26)27-9-11/h4-7,9-10H,22-23H2,1-3H3,(H2,26,27). The molecule has 8 nitrogen and oxygen atoms in total. The Balaban J connectivity index is 2.08. The molecular formula is C21H21B2FN6O2. The summed E-state index contributed by atoms with van der Waals surface area (Å²) in [7, 11) is 7.02. The average molecular weight is 430 g/mol. The minimum absolute atomic E-state index is 0.141. The Labute approximate surface area is 186 Å². The molecule has 1 atom stereocenters. The fourth-order valence-corrected chi connectivity index (χ4v) is 3.95. The van der Waals surface area contributed by atoms with Gasteiger partial charge in [0, 0.05) is 47.9 Å². The van der Waals surface area contributed by atoms with Crippen LogP contribution in [0.5, 0.6) is 5.75 Å². The summed E-state index contributed by atoms with van der Waals surface area (Å²) < 4.78 is 21.6. The molecule has 0 fully saturated rings. The van der Waals surface area contributed by atoms with Crippen LogP contribution in [0.3, 0.4) is 0 Å². The van der Waals surface area contributed by atoms with E-state index in [-0.39, 0.29) is 17.5 Å². The van der Waals surface area contributed by atoms with Gasteiger partial charge >= 0.3 is 0 Å². The molecule has 1 aromatic carbocycles. The van der Waals surface area contributed by atoms with Gasteiger partial charge in [0.25, 0.3) is 5.91 Å². The van der Waals surface area contributed by atoms with Crippen LogP contribution in [0.25, 0.3) is 11.1 Å². The molecule has 3 heterocycles. The molecule has 2 aromatic heterocycles. The van der Waals surface area contributed by atoms with Gasteiger partial charge in [-0.25, -0.2) is 9.37 Å². The predicted octanol–water partition coefficient (Wildman–Crippen LogP) is 0.677. The zero-order chi connectivity index (χ0) is 23.4. The molecule has 1 unspecified atom stereocenters. The van der Waals surface area contributed by atoms with Crippen LogP contribution in [-0.2, 0) is 12.4 Å². The first-order chi connectivity index (χ1) is 15.1. The summed E-state index contributed by atoms with van der Waals surface area (Å²) in [6.07, 6.45) is 0.856. The Morgan fingerprint density at radius 3 is 2.72 bits per heavy atom. The molecule has 3 aromatic rings. The average Bonchev–Trinajstić information content (AvgIpc) is 3.10. The second-order valence-electron chi connectivity index (χ2n) is 8.33. The first-order valence-corrected chi connectivity index (χ1v) is 10.0. The van der Waals surface area contributed by atoms with E-state index in [0.717, 1.165) is 0 Å². The lowest BCUT2D eigenvalue weighted by atomic mass is 9.57. The topological polar surface area (TPSA) is 110 Å². The third-order valence-corrected chi connectivity index (χ3v) is 6.03. The van der Waals surface area contributed by atoms with E-state index in [1.165, 1.54) is 27.8 Å². The van der Waals surface area contributed by atoms with Crippen LogP contribution in [0.15, 0.2) is 30.5 Å². The minimum Gasteiger partial charge on any atom is -0.482 e. The molecule has 4 rings (SSSR count). The fourth-order valence-electron chi connectivity index (χ4n) is 3.95. The highest BCUT2D eigenvalue weighted by molar-refractivity contribution is 6.41. The van der Waals surface area contributed by atoms with Crippen molar-refractivity contribution in [2.24, 2.45) is 7.05 Å². The Bertz CT molecular complexity index is 1300. The lowest BCUT2D eigenvalue weighted by Crippen LogP contribution is -2.49. The number of fused-ring (bicyclic) bond motifs is 5. The lowest BCUT2D eigenvalue weighted by Gasteiger charge is -2.36. The van der Waals surface area contributed by atoms with Crippen molar-refractivity contribution in [3.8, 4) is 22.9 Å². The molecule has 11 heteroatoms. The smallest absolute Gasteiger partial charge is 0.253 e. The van der Waals surface area contributed by atoms with Crippen LogP contribution < -0.4 is 10.5 Å². The van der Waals surface area contributed by atoms with Gasteiger partial charge in [0.15, 0.2) is 11.6 Å². The number of benzene rings is 1. The van der Waals surface area contributed by atoms with Crippen molar-refractivity contribution in [3.05, 3.63) is 58.8 Å². The number of nitriles is 1. The zero-order valence-corrected chi connectivity index (χ0v) is 18.5. The van der Waals surface area contributed by atoms with Gasteiger partial charge in [-0.2, -0.15) is 10.4 Å². The molecule has 160 valence electrons. The third kappa shape index (κ3) is 3.19. The molecule has 1 aliphatic rings. The maximum absolute atomic E-state index is 14.1. The highest BCUT2D eigenvalue weighted by atomic mass is 19.1. The normalized spacial score (nSPS) is 17.3. The van der Waals surface area contributed by atoms with Crippen molar-refractivity contribution >= 4 is 27.4 Å². The SMILES string of the molecule is BC1(B)c2nn(C)c(C#N)c2-c2cnc(N)c(c2)OC(C)c2cc(F)ccc2C(=O)N1C. The Morgan fingerprint density at radius 2 is 2.03 bits per heavy atom. The Morgan fingerprint density at radius 1 is 1.31 bits per heavy atom. The Hall–Kier alpha value is -3.80. The number of aryl methyl sites for hydroxylation is 1. The first-order valence-electron chi connectivity index (χ1n) is 10.0. The molecule has 1 aliphatic heterocycles. The number of pyridine rings is 1. The second-order valence-corrected chi connectivity index (χ2v) is 8.33. The summed E-state index contributed by atoms with van der Waals surface area (Å²) in [5.74, 6) is -0.400. The second kappa shape index (κ2) is 7.41. The van der Waals surface area contributed by atoms with E-state index in [1.54, 1.807) is 33.3 Å². The van der Waals surface area contributed by atoms with Crippen molar-refractivity contribution in [2.75, 3.05) is 12.8 Å². The van der Waals surface area contributed by atoms with Crippen LogP contribution in [-0.4, -0.2) is 48.3 Å². The number of anilines is 1. The number of nitrogens with two attached hydrogens (primary N) is 1. The van der Waals surface area contributed by atoms with E-state index in [2.05, 4.69) is 16.2 Å². The fraction of sp³-hybridized carbons (Fsp3) is 0.238. The number of rotatable bonds is 0. The number of nitrogens with zero attached hydrogens (tertiary/aromatic N) is 5. The monoisotopic (exact) mass is 430 g/mol. The van der Waals surface area contributed by atoms with Crippen LogP contribution >= 0.6 is 0 Å². The van der Waals surface area contributed by atoms with E-state index in [9.17, 15) is 14.4 Å². The number of carbonyl (C=O) groups excluding carboxylic acids is 1. The molecule has 32 heavy (non-hydrogen) atoms. The number of hydrogen-bond donors (Lipinski definition) is 1. The number of ether oxygens (including phenoxy) is 1. The zero-order valence-electron chi connectivity index (χ0n) is 18.5. The summed E-state index contributed by atoms with van der Waals surface area (Å²) >= 11 is 0. The van der Waals surface area contributed by atoms with Gasteiger partial charge in [-0.3, -0.25) is 9.48 Å². The molecule has 2 bridgehead atoms. The van der Waals surface area contributed by atoms with Gasteiger partial charge in [-0.1, -0.05) is 0 Å². The van der Waals surface area contributed by atoms with Crippen LogP contribution in [0.2, 0.25) is 0 Å². The van der Waals surface area contributed by atoms with Gasteiger partial charge in [-0.05, 0) is 31.2 Å². The predicted molar refractivity (Wildman–Crippen MR) is 122 cm³/mol. The molecule has 1 amide bonds. The minimum atomic E-state index is -0.921. The van der Waals surface area contributed by atoms with Gasteiger partial charge in [0.1, 0.15) is 39.4 Å². The van der Waals surface area contributed by atoms with Crippen molar-refractivity contribution < 1.29 is 13.9 Å². The number of halogens is 1. The Kier molecular flexibility index (Phi) is 4.96. The molecule has 0 saturated heterocycles. The van der Waals surface area contributed by atoms with E-state index < -0.39 is 17.3 Å². The van der Waals surface area contributed by atoms with Crippen LogP contribution in [0, 0.1) is 17.1 Å². The largest absolute Gasteiger partial charge is 0.482 e. The number of hydrogen-bond acceptors (Lipinski definition) is 6. The number of nitrogen functional groups attached to an aromatic ring is 1. The molecular weight excluding hydrogens is 409 g/mol. The maximum Gasteiger partial charge on any atom is 0.253 e. The number of aromatic nitrogens is 3. The quantitative estimate of drug-likeness (QED) is 0.526.